The van der Waals surface area contributed by atoms with E-state index in [9.17, 15) is 0 Å². The predicted octanol–water partition coefficient (Wildman–Crippen LogP) is 12.9. The molecule has 2 nitrogen and oxygen atoms in total. The molecule has 1 N–H and O–H groups in total. The Morgan fingerprint density at radius 1 is 0.373 bits per heavy atom. The average Bonchev–Trinajstić information content (AvgIpc) is 3.85. The second-order valence-electron chi connectivity index (χ2n) is 13.8. The Morgan fingerprint density at radius 2 is 0.980 bits per heavy atom. The SMILES string of the molecule is c1ccc(-n2c3ccccc3c3cc(-c4ccc5c(c4)C(c4ccc(-c6ccc7[nH]c8ccccc8c7c6)cc4)c4ccccc4-5)ccc32)cc1. The summed E-state index contributed by atoms with van der Waals surface area (Å²) in [6, 6.07) is 67.0. The van der Waals surface area contributed by atoms with Crippen molar-refractivity contribution in [2.75, 3.05) is 0 Å². The van der Waals surface area contributed by atoms with Crippen LogP contribution in [0.25, 0.3) is 82.7 Å². The Morgan fingerprint density at radius 3 is 1.88 bits per heavy atom. The Labute approximate surface area is 295 Å². The number of nitrogens with one attached hydrogen (secondary N) is 1. The van der Waals surface area contributed by atoms with Gasteiger partial charge < -0.3 is 9.55 Å². The molecule has 1 unspecified atom stereocenters. The van der Waals surface area contributed by atoms with Crippen molar-refractivity contribution in [2.45, 2.75) is 5.92 Å². The van der Waals surface area contributed by atoms with Gasteiger partial charge in [0.15, 0.2) is 0 Å². The summed E-state index contributed by atoms with van der Waals surface area (Å²) in [5, 5.41) is 5.07. The van der Waals surface area contributed by atoms with Crippen LogP contribution in [0.4, 0.5) is 0 Å². The van der Waals surface area contributed by atoms with Crippen LogP contribution in [0.2, 0.25) is 0 Å². The fourth-order valence-corrected chi connectivity index (χ4v) is 8.65. The number of fused-ring (bicyclic) bond motifs is 9. The van der Waals surface area contributed by atoms with Crippen LogP contribution in [0.3, 0.4) is 0 Å². The Hall–Kier alpha value is -6.64. The normalized spacial score (nSPS) is 13.7. The first-order valence-corrected chi connectivity index (χ1v) is 17.7. The lowest BCUT2D eigenvalue weighted by molar-refractivity contribution is 1.02. The molecular formula is C49H32N2. The summed E-state index contributed by atoms with van der Waals surface area (Å²) in [6.45, 7) is 0. The smallest absolute Gasteiger partial charge is 0.0541 e. The molecule has 1 aliphatic carbocycles. The molecule has 51 heavy (non-hydrogen) atoms. The van der Waals surface area contributed by atoms with E-state index in [4.69, 9.17) is 0 Å². The second-order valence-corrected chi connectivity index (χ2v) is 13.8. The molecule has 11 rings (SSSR count). The summed E-state index contributed by atoms with van der Waals surface area (Å²) in [6.07, 6.45) is 0. The van der Waals surface area contributed by atoms with Crippen molar-refractivity contribution < 1.29 is 0 Å². The highest BCUT2D eigenvalue weighted by molar-refractivity contribution is 6.11. The fourth-order valence-electron chi connectivity index (χ4n) is 8.65. The van der Waals surface area contributed by atoms with Crippen LogP contribution in [0.5, 0.6) is 0 Å². The summed E-state index contributed by atoms with van der Waals surface area (Å²) in [4.78, 5) is 3.56. The average molecular weight is 649 g/mol. The van der Waals surface area contributed by atoms with Crippen molar-refractivity contribution in [3.63, 3.8) is 0 Å². The van der Waals surface area contributed by atoms with Gasteiger partial charge in [0, 0.05) is 44.2 Å². The third-order valence-electron chi connectivity index (χ3n) is 11.0. The maximum atomic E-state index is 3.56. The molecule has 0 bridgehead atoms. The van der Waals surface area contributed by atoms with E-state index in [2.05, 4.69) is 192 Å². The Kier molecular flexibility index (Phi) is 6.05. The van der Waals surface area contributed by atoms with E-state index in [0.29, 0.717) is 0 Å². The van der Waals surface area contributed by atoms with Crippen LogP contribution in [-0.4, -0.2) is 9.55 Å². The van der Waals surface area contributed by atoms with E-state index in [1.54, 1.807) is 0 Å². The highest BCUT2D eigenvalue weighted by atomic mass is 15.0. The van der Waals surface area contributed by atoms with Gasteiger partial charge in [0.1, 0.15) is 0 Å². The molecule has 1 aliphatic rings. The molecule has 238 valence electrons. The molecule has 1 atom stereocenters. The first-order valence-electron chi connectivity index (χ1n) is 17.7. The summed E-state index contributed by atoms with van der Waals surface area (Å²) in [7, 11) is 0. The summed E-state index contributed by atoms with van der Waals surface area (Å²) < 4.78 is 2.38. The van der Waals surface area contributed by atoms with Crippen LogP contribution < -0.4 is 0 Å². The summed E-state index contributed by atoms with van der Waals surface area (Å²) >= 11 is 0. The van der Waals surface area contributed by atoms with Gasteiger partial charge in [-0.25, -0.2) is 0 Å². The zero-order valence-electron chi connectivity index (χ0n) is 27.8. The minimum absolute atomic E-state index is 0.171. The van der Waals surface area contributed by atoms with Crippen molar-refractivity contribution >= 4 is 43.6 Å². The quantitative estimate of drug-likeness (QED) is 0.196. The Balaban J connectivity index is 1.01. The van der Waals surface area contributed by atoms with E-state index < -0.39 is 0 Å². The molecule has 0 amide bonds. The lowest BCUT2D eigenvalue weighted by Gasteiger charge is -2.16. The van der Waals surface area contributed by atoms with E-state index in [-0.39, 0.29) is 5.92 Å². The summed E-state index contributed by atoms with van der Waals surface area (Å²) in [5.41, 5.74) is 17.6. The molecule has 0 fully saturated rings. The van der Waals surface area contributed by atoms with Crippen molar-refractivity contribution in [3.05, 3.63) is 199 Å². The third kappa shape index (κ3) is 4.30. The number of nitrogens with zero attached hydrogens (tertiary/aromatic N) is 1. The van der Waals surface area contributed by atoms with E-state index in [1.807, 2.05) is 0 Å². The molecule has 2 aromatic heterocycles. The van der Waals surface area contributed by atoms with E-state index >= 15 is 0 Å². The van der Waals surface area contributed by atoms with E-state index in [0.717, 1.165) is 0 Å². The topological polar surface area (TPSA) is 20.7 Å². The van der Waals surface area contributed by atoms with Crippen molar-refractivity contribution in [1.82, 2.24) is 9.55 Å². The molecule has 0 saturated carbocycles. The monoisotopic (exact) mass is 648 g/mol. The van der Waals surface area contributed by atoms with Crippen LogP contribution in [0, 0.1) is 0 Å². The van der Waals surface area contributed by atoms with Gasteiger partial charge in [0.2, 0.25) is 0 Å². The number of aromatic nitrogens is 2. The molecule has 0 saturated heterocycles. The molecule has 0 radical (unpaired) electrons. The largest absolute Gasteiger partial charge is 0.355 e. The van der Waals surface area contributed by atoms with Gasteiger partial charge in [-0.15, -0.1) is 0 Å². The zero-order valence-corrected chi connectivity index (χ0v) is 27.8. The maximum Gasteiger partial charge on any atom is 0.0541 e. The first kappa shape index (κ1) is 28.2. The lowest BCUT2D eigenvalue weighted by atomic mass is 9.87. The first-order chi connectivity index (χ1) is 25.3. The lowest BCUT2D eigenvalue weighted by Crippen LogP contribution is -1.99. The highest BCUT2D eigenvalue weighted by Crippen LogP contribution is 2.49. The van der Waals surface area contributed by atoms with Gasteiger partial charge in [-0.05, 0) is 105 Å². The van der Waals surface area contributed by atoms with Crippen LogP contribution in [0.1, 0.15) is 22.6 Å². The maximum absolute atomic E-state index is 3.56. The van der Waals surface area contributed by atoms with Crippen LogP contribution in [0.15, 0.2) is 182 Å². The molecule has 8 aromatic carbocycles. The number of hydrogen-bond acceptors (Lipinski definition) is 0. The van der Waals surface area contributed by atoms with Crippen LogP contribution in [-0.2, 0) is 0 Å². The predicted molar refractivity (Wildman–Crippen MR) is 214 cm³/mol. The minimum Gasteiger partial charge on any atom is -0.355 e. The fraction of sp³-hybridized carbons (Fsp3) is 0.0204. The van der Waals surface area contributed by atoms with Gasteiger partial charge in [-0.1, -0.05) is 127 Å². The van der Waals surface area contributed by atoms with Crippen molar-refractivity contribution in [2.24, 2.45) is 0 Å². The standard InChI is InChI=1S/C49H32N2/c1-2-10-36(11-3-1)51-47-17-9-7-14-40(47)43-29-35(24-27-48(43)51)34-22-25-38-37-12-4-5-15-41(37)49(44(38)30-34)32-20-18-31(19-21-32)33-23-26-46-42(28-33)39-13-6-8-16-45(39)50-46/h1-30,49-50H. The zero-order chi connectivity index (χ0) is 33.5. The van der Waals surface area contributed by atoms with Crippen molar-refractivity contribution in [3.8, 4) is 39.1 Å². The number of para-hydroxylation sites is 3. The molecule has 2 heterocycles. The van der Waals surface area contributed by atoms with Gasteiger partial charge >= 0.3 is 0 Å². The number of rotatable bonds is 4. The third-order valence-corrected chi connectivity index (χ3v) is 11.0. The van der Waals surface area contributed by atoms with Gasteiger partial charge in [-0.2, -0.15) is 0 Å². The molecule has 0 spiro atoms. The van der Waals surface area contributed by atoms with Gasteiger partial charge in [-0.3, -0.25) is 0 Å². The Bertz CT molecular complexity index is 2960. The minimum atomic E-state index is 0.171. The van der Waals surface area contributed by atoms with Gasteiger partial charge in [0.05, 0.1) is 11.0 Å². The number of aromatic amines is 1. The highest BCUT2D eigenvalue weighted by Gasteiger charge is 2.30. The van der Waals surface area contributed by atoms with E-state index in [1.165, 1.54) is 99.4 Å². The molecule has 10 aromatic rings. The van der Waals surface area contributed by atoms with Gasteiger partial charge in [0.25, 0.3) is 0 Å². The summed E-state index contributed by atoms with van der Waals surface area (Å²) in [5.74, 6) is 0.171. The second kappa shape index (κ2) is 10.9. The molecule has 0 aliphatic heterocycles. The van der Waals surface area contributed by atoms with Crippen molar-refractivity contribution in [1.29, 1.82) is 0 Å². The molecular weight excluding hydrogens is 617 g/mol. The molecule has 2 heteroatoms. The van der Waals surface area contributed by atoms with Crippen LogP contribution >= 0.6 is 0 Å². The number of benzene rings is 8. The number of H-pyrrole nitrogens is 1. The number of hydrogen-bond donors (Lipinski definition) is 1.